The van der Waals surface area contributed by atoms with Gasteiger partial charge in [0.05, 0.1) is 29.1 Å². The third-order valence-electron chi connectivity index (χ3n) is 7.37. The number of ether oxygens (including phenoxy) is 3. The fraction of sp³-hybridized carbons (Fsp3) is 0.281. The first kappa shape index (κ1) is 37.1. The largest absolute Gasteiger partial charge is 0.491 e. The Bertz CT molecular complexity index is 2090. The molecule has 13 nitrogen and oxygen atoms in total. The Balaban J connectivity index is 1.35. The van der Waals surface area contributed by atoms with Crippen LogP contribution in [0.3, 0.4) is 0 Å². The van der Waals surface area contributed by atoms with Crippen LogP contribution in [-0.4, -0.2) is 66.7 Å². The predicted molar refractivity (Wildman–Crippen MR) is 175 cm³/mol. The fourth-order valence-electron chi connectivity index (χ4n) is 4.86. The van der Waals surface area contributed by atoms with E-state index in [1.807, 2.05) is 0 Å². The number of nitrogens with one attached hydrogen (secondary N) is 1. The molecule has 1 amide bonds. The summed E-state index contributed by atoms with van der Waals surface area (Å²) in [5, 5.41) is 16.1. The maximum atomic E-state index is 13.8. The number of hydrogen-bond acceptors (Lipinski definition) is 11. The van der Waals surface area contributed by atoms with E-state index in [-0.39, 0.29) is 30.4 Å². The summed E-state index contributed by atoms with van der Waals surface area (Å²) in [5.41, 5.74) is 0.854. The van der Waals surface area contributed by atoms with Gasteiger partial charge in [-0.3, -0.25) is 4.79 Å². The number of esters is 1. The highest BCUT2D eigenvalue weighted by molar-refractivity contribution is 7.91. The molecule has 19 heteroatoms. The van der Waals surface area contributed by atoms with Gasteiger partial charge in [0.1, 0.15) is 49.2 Å². The number of hydrogen-bond donors (Lipinski definition) is 2. The molecule has 3 N–H and O–H groups in total. The number of nitrogens with zero attached hydrogens (tertiary/aromatic N) is 4. The summed E-state index contributed by atoms with van der Waals surface area (Å²) in [5.74, 6) is -0.709. The van der Waals surface area contributed by atoms with Gasteiger partial charge in [-0.2, -0.15) is 13.2 Å². The number of sulfonamides is 1. The second-order valence-electron chi connectivity index (χ2n) is 11.0. The SMILES string of the molecule is COC(=O)C(Cc1ccc(C(F)(F)F)cc1)NC(=O)[C@H](Cc1ccc(OCCF)cc1)n1cc(COc2ccc3nc(S(N)(=O)=O)sc3c2)nn1. The number of alkyl halides is 4. The molecule has 270 valence electrons. The van der Waals surface area contributed by atoms with E-state index < -0.39 is 52.4 Å². The average Bonchev–Trinajstić information content (AvgIpc) is 3.76. The van der Waals surface area contributed by atoms with Gasteiger partial charge in [0.2, 0.25) is 10.2 Å². The number of aromatic nitrogens is 4. The molecule has 5 aromatic rings. The van der Waals surface area contributed by atoms with Crippen molar-refractivity contribution in [2.24, 2.45) is 5.14 Å². The van der Waals surface area contributed by atoms with Crippen molar-refractivity contribution < 1.29 is 49.8 Å². The number of amides is 1. The maximum Gasteiger partial charge on any atom is 0.416 e. The van der Waals surface area contributed by atoms with Gasteiger partial charge < -0.3 is 19.5 Å². The molecule has 51 heavy (non-hydrogen) atoms. The van der Waals surface area contributed by atoms with Gasteiger partial charge >= 0.3 is 12.1 Å². The number of carbonyl (C=O) groups is 2. The van der Waals surface area contributed by atoms with Crippen LogP contribution in [0.25, 0.3) is 10.2 Å². The van der Waals surface area contributed by atoms with Crippen LogP contribution in [0.4, 0.5) is 17.6 Å². The zero-order valence-electron chi connectivity index (χ0n) is 26.7. The first-order valence-corrected chi connectivity index (χ1v) is 17.4. The molecule has 0 bridgehead atoms. The summed E-state index contributed by atoms with van der Waals surface area (Å²) in [4.78, 5) is 30.6. The quantitative estimate of drug-likeness (QED) is 0.117. The lowest BCUT2D eigenvalue weighted by atomic mass is 10.0. The molecule has 0 spiro atoms. The van der Waals surface area contributed by atoms with Gasteiger partial charge in [0, 0.05) is 12.8 Å². The van der Waals surface area contributed by atoms with Gasteiger partial charge in [-0.1, -0.05) is 29.5 Å². The molecule has 0 saturated heterocycles. The molecule has 0 fully saturated rings. The first-order valence-electron chi connectivity index (χ1n) is 15.0. The summed E-state index contributed by atoms with van der Waals surface area (Å²) in [6.07, 6.45) is -3.20. The second kappa shape index (κ2) is 15.8. The lowest BCUT2D eigenvalue weighted by molar-refractivity contribution is -0.145. The summed E-state index contributed by atoms with van der Waals surface area (Å²) >= 11 is 0.884. The van der Waals surface area contributed by atoms with Crippen LogP contribution in [0.1, 0.15) is 28.4 Å². The third kappa shape index (κ3) is 9.77. The van der Waals surface area contributed by atoms with E-state index in [1.54, 1.807) is 42.5 Å². The molecule has 1 unspecified atom stereocenters. The van der Waals surface area contributed by atoms with Crippen molar-refractivity contribution in [3.05, 3.63) is 95.3 Å². The first-order chi connectivity index (χ1) is 24.2. The van der Waals surface area contributed by atoms with Crippen LogP contribution in [0.5, 0.6) is 11.5 Å². The molecule has 0 aliphatic rings. The number of thiazole rings is 1. The Hall–Kier alpha value is -5.14. The molecule has 0 saturated carbocycles. The minimum atomic E-state index is -4.55. The number of rotatable bonds is 15. The van der Waals surface area contributed by atoms with Crippen LogP contribution in [0.15, 0.2) is 77.3 Å². The van der Waals surface area contributed by atoms with Crippen molar-refractivity contribution in [1.82, 2.24) is 25.3 Å². The molecule has 2 atom stereocenters. The second-order valence-corrected chi connectivity index (χ2v) is 13.8. The van der Waals surface area contributed by atoms with Crippen molar-refractivity contribution in [3.63, 3.8) is 0 Å². The summed E-state index contributed by atoms with van der Waals surface area (Å²) in [6.45, 7) is -0.896. The van der Waals surface area contributed by atoms with Gasteiger partial charge in [-0.25, -0.2) is 32.4 Å². The molecule has 5 rings (SSSR count). The maximum absolute atomic E-state index is 13.8. The molecular formula is C32H30F4N6O7S2. The Labute approximate surface area is 292 Å². The number of fused-ring (bicyclic) bond motifs is 1. The van der Waals surface area contributed by atoms with Gasteiger partial charge in [-0.15, -0.1) is 16.4 Å². The molecule has 3 aromatic carbocycles. The number of primary sulfonamides is 1. The highest BCUT2D eigenvalue weighted by atomic mass is 32.2. The van der Waals surface area contributed by atoms with Crippen LogP contribution in [0.2, 0.25) is 0 Å². The number of methoxy groups -OCH3 is 1. The minimum Gasteiger partial charge on any atom is -0.491 e. The van der Waals surface area contributed by atoms with Crippen LogP contribution < -0.4 is 19.9 Å². The molecular weight excluding hydrogens is 721 g/mol. The van der Waals surface area contributed by atoms with Gasteiger partial charge in [0.25, 0.3) is 10.0 Å². The monoisotopic (exact) mass is 750 g/mol. The Morgan fingerprint density at radius 1 is 0.980 bits per heavy atom. The highest BCUT2D eigenvalue weighted by Gasteiger charge is 2.31. The standard InChI is InChI=1S/C32H30F4N6O7S2/c1-47-30(44)26(14-19-2-6-21(7-3-19)32(34,35)36)38-29(43)27(15-20-4-8-23(9-5-20)48-13-12-33)42-17-22(40-41-42)18-49-24-10-11-25-28(16-24)50-31(39-25)51(37,45)46/h2-11,16-17,26-27H,12-15,18H2,1H3,(H,38,43)(H2,37,45,46)/t26?,27-/m0/s1. The average molecular weight is 751 g/mol. The van der Waals surface area contributed by atoms with Gasteiger partial charge in [0.15, 0.2) is 0 Å². The van der Waals surface area contributed by atoms with Crippen molar-refractivity contribution in [2.45, 2.75) is 42.0 Å². The zero-order valence-corrected chi connectivity index (χ0v) is 28.3. The number of carbonyl (C=O) groups excluding carboxylic acids is 2. The zero-order chi connectivity index (χ0) is 36.8. The lowest BCUT2D eigenvalue weighted by Gasteiger charge is -2.22. The molecule has 0 aliphatic heterocycles. The Kier molecular flexibility index (Phi) is 11.5. The lowest BCUT2D eigenvalue weighted by Crippen LogP contribution is -2.46. The van der Waals surface area contributed by atoms with Crippen molar-refractivity contribution in [2.75, 3.05) is 20.4 Å². The van der Waals surface area contributed by atoms with E-state index in [0.29, 0.717) is 38.5 Å². The van der Waals surface area contributed by atoms with E-state index in [1.165, 1.54) is 23.0 Å². The summed E-state index contributed by atoms with van der Waals surface area (Å²) in [7, 11) is -2.86. The molecule has 2 heterocycles. The number of nitrogens with two attached hydrogens (primary N) is 1. The van der Waals surface area contributed by atoms with E-state index in [9.17, 15) is 35.6 Å². The highest BCUT2D eigenvalue weighted by Crippen LogP contribution is 2.30. The van der Waals surface area contributed by atoms with Gasteiger partial charge in [-0.05, 0) is 53.6 Å². The Morgan fingerprint density at radius 2 is 1.65 bits per heavy atom. The van der Waals surface area contributed by atoms with Crippen molar-refractivity contribution >= 4 is 43.5 Å². The van der Waals surface area contributed by atoms with Crippen LogP contribution in [-0.2, 0) is 50.0 Å². The van der Waals surface area contributed by atoms with Crippen molar-refractivity contribution in [1.29, 1.82) is 0 Å². The Morgan fingerprint density at radius 3 is 2.29 bits per heavy atom. The van der Waals surface area contributed by atoms with E-state index >= 15 is 0 Å². The minimum absolute atomic E-state index is 0.0431. The molecule has 2 aromatic heterocycles. The van der Waals surface area contributed by atoms with E-state index in [4.69, 9.17) is 19.3 Å². The summed E-state index contributed by atoms with van der Waals surface area (Å²) in [6, 6.07) is 13.1. The third-order valence-corrected chi connectivity index (χ3v) is 9.71. The summed E-state index contributed by atoms with van der Waals surface area (Å²) < 4.78 is 92.7. The fourth-order valence-corrected chi connectivity index (χ4v) is 6.55. The number of benzene rings is 3. The van der Waals surface area contributed by atoms with Crippen LogP contribution in [0, 0.1) is 0 Å². The van der Waals surface area contributed by atoms with E-state index in [0.717, 1.165) is 30.6 Å². The number of halogens is 4. The van der Waals surface area contributed by atoms with Crippen molar-refractivity contribution in [3.8, 4) is 11.5 Å². The predicted octanol–water partition coefficient (Wildman–Crippen LogP) is 4.17. The topological polar surface area (TPSA) is 178 Å². The molecule has 0 aliphatic carbocycles. The van der Waals surface area contributed by atoms with E-state index in [2.05, 4.69) is 20.6 Å². The normalized spacial score (nSPS) is 13.1. The molecule has 0 radical (unpaired) electrons. The van der Waals surface area contributed by atoms with Crippen LogP contribution >= 0.6 is 11.3 Å². The smallest absolute Gasteiger partial charge is 0.416 e.